The molecule has 47 heteroatoms. The van der Waals surface area contributed by atoms with Gasteiger partial charge in [-0.2, -0.15) is 57.1 Å². The standard InChI is InChI=1S/C16H15F4O3P.C16H20O7P2.C14H13F8O4P.C14H14FO3P.C11H13F4O4P.C9H11O2P/c1-15(17,18)16(19,20)14(12-8-4-2-5-9-12)23-24(21,22)13-10-6-3-7-11-13;1-24(17,18)15-9-4-2-7-13(15)22-11-6-12-23-14-8-3-5-10-16(14)25(19,20)21;1-10(15)12(18,19)13(20,26-14(10,21)22)11(16,17)9(25-27(2,23)24)8-6-4-3-5-7-8;1-11(12-7-9-13(15)10-8-12)18-19(16,17)14-5-3-2-4-6-14;1-18-11(14,15)10(12,13)9(19-20(2,16)17)8-6-4-3-5-7-8;1-12(10,11)8-7-9-5-3-2-4-6-9/h2-11,14H,1H3,(H,21,22);2-5,7-10H,6,11-12H2,1H3,(H,17,18)(H2,19,20,21);3-7,9H,1-2H3,(H,23,24);2-11H,1H3,(H,16,17);3-7,9H,1-2H3,(H,16,17);2-8H,1H3,(H,10,11)/b;;;;;8-7+. The van der Waals surface area contributed by atoms with Gasteiger partial charge in [-0.1, -0.05) is 194 Å². The summed E-state index contributed by atoms with van der Waals surface area (Å²) in [5.41, 5.74) is -5.07. The lowest BCUT2D eigenvalue weighted by Crippen LogP contribution is -2.62. The molecule has 1 saturated heterocycles. The Morgan fingerprint density at radius 2 is 0.780 bits per heavy atom. The molecule has 0 aromatic heterocycles. The average Bonchev–Trinajstić information content (AvgIpc) is 1.52. The van der Waals surface area contributed by atoms with E-state index < -0.39 is 143 Å². The van der Waals surface area contributed by atoms with Crippen LogP contribution in [0.5, 0.6) is 11.5 Å². The van der Waals surface area contributed by atoms with Crippen molar-refractivity contribution >= 4 is 80.0 Å². The summed E-state index contributed by atoms with van der Waals surface area (Å²) in [5.74, 6) is -30.2. The molecular formula is C80H86F17O23P7. The van der Waals surface area contributed by atoms with Gasteiger partial charge in [0.25, 0.3) is 5.67 Å². The molecule has 8 N–H and O–H groups in total. The Labute approximate surface area is 717 Å². The fraction of sp³-hybridized carbons (Fsp3) is 0.300. The Morgan fingerprint density at radius 3 is 1.14 bits per heavy atom. The van der Waals surface area contributed by atoms with E-state index in [9.17, 15) is 136 Å². The van der Waals surface area contributed by atoms with E-state index in [0.717, 1.165) is 54.1 Å². The number of rotatable bonds is 31. The molecule has 0 amide bonds. The third-order valence-electron chi connectivity index (χ3n) is 17.1. The first-order chi connectivity index (χ1) is 58.2. The van der Waals surface area contributed by atoms with Crippen LogP contribution in [0, 0.1) is 5.82 Å². The number of ether oxygens (including phenoxy) is 4. The maximum absolute atomic E-state index is 14.7. The molecule has 9 aromatic carbocycles. The van der Waals surface area contributed by atoms with Gasteiger partial charge < -0.3 is 53.4 Å². The molecule has 0 radical (unpaired) electrons. The molecule has 0 saturated carbocycles. The van der Waals surface area contributed by atoms with Gasteiger partial charge in [-0.15, -0.1) is 0 Å². The fourth-order valence-corrected chi connectivity index (χ4v) is 16.3. The maximum Gasteiger partial charge on any atom is 0.422 e. The van der Waals surface area contributed by atoms with Gasteiger partial charge >= 0.3 is 85.7 Å². The van der Waals surface area contributed by atoms with Crippen molar-refractivity contribution in [1.82, 2.24) is 0 Å². The van der Waals surface area contributed by atoms with Crippen molar-refractivity contribution in [2.24, 2.45) is 0 Å². The minimum Gasteiger partial charge on any atom is -0.493 e. The Morgan fingerprint density at radius 1 is 0.433 bits per heavy atom. The zero-order chi connectivity index (χ0) is 96.1. The van der Waals surface area contributed by atoms with Crippen LogP contribution in [-0.2, 0) is 59.5 Å². The lowest BCUT2D eigenvalue weighted by Gasteiger charge is -2.38. The van der Waals surface area contributed by atoms with Crippen molar-refractivity contribution < 1.29 is 183 Å². The van der Waals surface area contributed by atoms with E-state index in [1.165, 1.54) is 140 Å². The second-order valence-electron chi connectivity index (χ2n) is 27.7. The summed E-state index contributed by atoms with van der Waals surface area (Å²) in [7, 11) is -28.4. The van der Waals surface area contributed by atoms with Crippen molar-refractivity contribution in [3.05, 3.63) is 294 Å². The number of hydrogen-bond donors (Lipinski definition) is 8. The van der Waals surface area contributed by atoms with Gasteiger partial charge in [0.05, 0.1) is 35.2 Å². The summed E-state index contributed by atoms with van der Waals surface area (Å²) in [4.78, 5) is 75.4. The predicted octanol–water partition coefficient (Wildman–Crippen LogP) is 20.7. The summed E-state index contributed by atoms with van der Waals surface area (Å²) in [5, 5.41) is 0.0707. The van der Waals surface area contributed by atoms with E-state index in [1.807, 2.05) is 30.3 Å². The van der Waals surface area contributed by atoms with Gasteiger partial charge in [0.1, 0.15) is 22.6 Å². The minimum absolute atomic E-state index is 0.0388. The van der Waals surface area contributed by atoms with Gasteiger partial charge in [-0.05, 0) is 108 Å². The molecular weight excluding hydrogens is 1870 g/mol. The molecule has 1 aliphatic rings. The molecule has 12 atom stereocenters. The molecule has 1 fully saturated rings. The number of alkyl halides is 16. The van der Waals surface area contributed by atoms with Crippen LogP contribution >= 0.6 is 52.7 Å². The number of benzene rings is 9. The fourth-order valence-electron chi connectivity index (χ4n) is 10.5. The summed E-state index contributed by atoms with van der Waals surface area (Å²) in [6.45, 7) is 5.17. The van der Waals surface area contributed by atoms with Gasteiger partial charge in [0.15, 0.2) is 18.3 Å². The normalized spacial score (nSPS) is 19.6. The minimum atomic E-state index is -6.06. The van der Waals surface area contributed by atoms with E-state index in [-0.39, 0.29) is 64.0 Å². The number of methoxy groups -OCH3 is 1. The van der Waals surface area contributed by atoms with E-state index in [4.69, 9.17) is 23.8 Å². The molecule has 698 valence electrons. The summed E-state index contributed by atoms with van der Waals surface area (Å²) in [6.07, 6.45) is -17.5. The Hall–Kier alpha value is -7.82. The second-order valence-corrected chi connectivity index (χ2v) is 40.8. The van der Waals surface area contributed by atoms with Crippen LogP contribution in [0.3, 0.4) is 0 Å². The number of halogens is 17. The third-order valence-corrected chi connectivity index (χ3v) is 24.2. The van der Waals surface area contributed by atoms with Crippen LogP contribution in [0.15, 0.2) is 261 Å². The van der Waals surface area contributed by atoms with Crippen molar-refractivity contribution in [1.29, 1.82) is 0 Å². The molecule has 127 heavy (non-hydrogen) atoms. The SMILES string of the molecule is CC(F)(F)C(F)(F)C(OP(=O)(O)c1ccccc1)c1ccccc1.CC(OP(=O)(O)c1ccccc1)c1ccc(F)cc1.CC1(F)C(F)(F)OC(F)(C(F)(F)C(OP(C)(=O)O)c2ccccc2)C1(F)F.COC(F)(F)C(F)(F)C(OP(C)(=O)O)c1ccccc1.CP(=O)(O)/C=C/c1ccccc1.CP(=O)(O)c1ccccc1OCCCOc1ccccc1P(=O)(O)O. The highest BCUT2D eigenvalue weighted by Gasteiger charge is 2.93. The lowest BCUT2D eigenvalue weighted by atomic mass is 9.88. The molecule has 23 nitrogen and oxygen atoms in total. The van der Waals surface area contributed by atoms with Crippen LogP contribution in [0.1, 0.15) is 79.4 Å². The van der Waals surface area contributed by atoms with Crippen molar-refractivity contribution in [2.45, 2.75) is 105 Å². The van der Waals surface area contributed by atoms with Gasteiger partial charge in [-0.25, -0.2) is 17.6 Å². The average molecular weight is 1960 g/mol. The first-order valence-electron chi connectivity index (χ1n) is 36.4. The van der Waals surface area contributed by atoms with E-state index in [1.54, 1.807) is 67.6 Å². The Bertz CT molecular complexity index is 5290. The number of hydrogen-bond acceptors (Lipinski definition) is 15. The molecule has 9 aromatic rings. The topological polar surface area (TPSA) is 355 Å². The van der Waals surface area contributed by atoms with Crippen LogP contribution in [0.4, 0.5) is 74.6 Å². The van der Waals surface area contributed by atoms with Crippen molar-refractivity contribution in [3.8, 4) is 11.5 Å². The van der Waals surface area contributed by atoms with Crippen LogP contribution < -0.4 is 30.7 Å². The van der Waals surface area contributed by atoms with Gasteiger partial charge in [0.2, 0.25) is 14.7 Å². The first kappa shape index (κ1) is 110. The molecule has 10 rings (SSSR count). The number of para-hydroxylation sites is 2. The third kappa shape index (κ3) is 30.9. The molecule has 0 aliphatic carbocycles. The zero-order valence-electron chi connectivity index (χ0n) is 67.6. The second kappa shape index (κ2) is 44.4. The van der Waals surface area contributed by atoms with E-state index in [2.05, 4.69) is 23.0 Å². The largest absolute Gasteiger partial charge is 0.493 e. The monoisotopic (exact) mass is 1950 g/mol. The highest BCUT2D eigenvalue weighted by molar-refractivity contribution is 7.65. The van der Waals surface area contributed by atoms with Crippen molar-refractivity contribution in [3.63, 3.8) is 0 Å². The zero-order valence-corrected chi connectivity index (χ0v) is 73.9. The quantitative estimate of drug-likeness (QED) is 0.0114. The highest BCUT2D eigenvalue weighted by Crippen LogP contribution is 2.67. The summed E-state index contributed by atoms with van der Waals surface area (Å²) < 4.78 is 352. The van der Waals surface area contributed by atoms with Crippen LogP contribution in [0.25, 0.3) is 6.08 Å². The highest BCUT2D eigenvalue weighted by atomic mass is 31.2. The Balaban J connectivity index is 0.000000274. The molecule has 0 bridgehead atoms. The van der Waals surface area contributed by atoms with E-state index in [0.29, 0.717) is 38.2 Å². The predicted molar refractivity (Wildman–Crippen MR) is 439 cm³/mol. The molecule has 1 heterocycles. The summed E-state index contributed by atoms with van der Waals surface area (Å²) in [6, 6.07) is 60.2. The smallest absolute Gasteiger partial charge is 0.422 e. The van der Waals surface area contributed by atoms with E-state index >= 15 is 0 Å². The lowest BCUT2D eigenvalue weighted by molar-refractivity contribution is -0.388. The first-order valence-corrected chi connectivity index (χ1v) is 49.5. The van der Waals surface area contributed by atoms with Crippen LogP contribution in [0.2, 0.25) is 0 Å². The maximum atomic E-state index is 14.7. The van der Waals surface area contributed by atoms with Crippen molar-refractivity contribution in [2.75, 3.05) is 47.0 Å². The van der Waals surface area contributed by atoms with Crippen LogP contribution in [-0.4, -0.2) is 139 Å². The van der Waals surface area contributed by atoms with Gasteiger partial charge in [-0.3, -0.25) is 54.8 Å². The van der Waals surface area contributed by atoms with Gasteiger partial charge in [0, 0.05) is 52.9 Å². The summed E-state index contributed by atoms with van der Waals surface area (Å²) >= 11 is 0. The molecule has 0 spiro atoms. The molecule has 12 unspecified atom stereocenters. The Kier molecular flexibility index (Phi) is 38.4. The molecule has 1 aliphatic heterocycles.